The first-order chi connectivity index (χ1) is 7.83. The average molecular weight is 217 g/mol. The molecule has 5 nitrogen and oxygen atoms in total. The fraction of sp³-hybridized carbons (Fsp3) is 0.545. The second kappa shape index (κ2) is 3.73. The van der Waals surface area contributed by atoms with Crippen molar-refractivity contribution in [1.29, 1.82) is 0 Å². The SMILES string of the molecule is Cc1ccn(Cc2nnc3n2CCCC3)n1. The summed E-state index contributed by atoms with van der Waals surface area (Å²) in [5.74, 6) is 2.16. The Labute approximate surface area is 94.1 Å². The molecule has 0 bridgehead atoms. The van der Waals surface area contributed by atoms with Crippen molar-refractivity contribution in [3.05, 3.63) is 29.6 Å². The Morgan fingerprint density at radius 3 is 3.06 bits per heavy atom. The van der Waals surface area contributed by atoms with Crippen molar-refractivity contribution in [2.24, 2.45) is 0 Å². The quantitative estimate of drug-likeness (QED) is 0.758. The smallest absolute Gasteiger partial charge is 0.154 e. The van der Waals surface area contributed by atoms with Crippen LogP contribution in [0.15, 0.2) is 12.3 Å². The van der Waals surface area contributed by atoms with Crippen LogP contribution in [-0.4, -0.2) is 24.5 Å². The van der Waals surface area contributed by atoms with E-state index in [4.69, 9.17) is 0 Å². The van der Waals surface area contributed by atoms with E-state index in [-0.39, 0.29) is 0 Å². The van der Waals surface area contributed by atoms with Crippen molar-refractivity contribution in [2.75, 3.05) is 0 Å². The highest BCUT2D eigenvalue weighted by Gasteiger charge is 2.15. The zero-order valence-electron chi connectivity index (χ0n) is 9.43. The highest BCUT2D eigenvalue weighted by molar-refractivity contribution is 5.01. The molecule has 0 aliphatic carbocycles. The normalized spacial score (nSPS) is 15.1. The van der Waals surface area contributed by atoms with E-state index in [0.29, 0.717) is 0 Å². The third-order valence-corrected chi connectivity index (χ3v) is 3.01. The van der Waals surface area contributed by atoms with E-state index in [1.54, 1.807) is 0 Å². The van der Waals surface area contributed by atoms with E-state index in [0.717, 1.165) is 36.9 Å². The summed E-state index contributed by atoms with van der Waals surface area (Å²) in [5, 5.41) is 12.9. The number of nitrogens with zero attached hydrogens (tertiary/aromatic N) is 5. The third kappa shape index (κ3) is 1.62. The molecule has 1 aliphatic rings. The lowest BCUT2D eigenvalue weighted by molar-refractivity contribution is 0.495. The summed E-state index contributed by atoms with van der Waals surface area (Å²) in [4.78, 5) is 0. The third-order valence-electron chi connectivity index (χ3n) is 3.01. The van der Waals surface area contributed by atoms with Crippen molar-refractivity contribution in [3.8, 4) is 0 Å². The first kappa shape index (κ1) is 9.57. The Bertz CT molecular complexity index is 496. The highest BCUT2D eigenvalue weighted by Crippen LogP contribution is 2.14. The molecule has 0 N–H and O–H groups in total. The van der Waals surface area contributed by atoms with E-state index in [9.17, 15) is 0 Å². The van der Waals surface area contributed by atoms with Gasteiger partial charge in [0, 0.05) is 19.2 Å². The fourth-order valence-electron chi connectivity index (χ4n) is 2.18. The number of rotatable bonds is 2. The van der Waals surface area contributed by atoms with E-state index in [1.165, 1.54) is 12.8 Å². The number of aryl methyl sites for hydroxylation is 2. The number of aromatic nitrogens is 5. The van der Waals surface area contributed by atoms with E-state index >= 15 is 0 Å². The predicted octanol–water partition coefficient (Wildman–Crippen LogP) is 1.17. The Hall–Kier alpha value is -1.65. The second-order valence-corrected chi connectivity index (χ2v) is 4.30. The van der Waals surface area contributed by atoms with Gasteiger partial charge in [0.15, 0.2) is 5.82 Å². The van der Waals surface area contributed by atoms with Crippen molar-refractivity contribution in [3.63, 3.8) is 0 Å². The molecule has 0 atom stereocenters. The fourth-order valence-corrected chi connectivity index (χ4v) is 2.18. The molecule has 0 spiro atoms. The number of hydrogen-bond acceptors (Lipinski definition) is 3. The molecule has 84 valence electrons. The lowest BCUT2D eigenvalue weighted by Gasteiger charge is -2.14. The van der Waals surface area contributed by atoms with Crippen molar-refractivity contribution < 1.29 is 0 Å². The van der Waals surface area contributed by atoms with Gasteiger partial charge in [-0.1, -0.05) is 0 Å². The van der Waals surface area contributed by atoms with Crippen LogP contribution in [0, 0.1) is 6.92 Å². The molecule has 0 saturated heterocycles. The maximum Gasteiger partial charge on any atom is 0.154 e. The topological polar surface area (TPSA) is 48.5 Å². The molecule has 0 saturated carbocycles. The Morgan fingerprint density at radius 2 is 2.25 bits per heavy atom. The minimum absolute atomic E-state index is 0.723. The molecule has 5 heteroatoms. The molecule has 0 radical (unpaired) electrons. The zero-order chi connectivity index (χ0) is 11.0. The lowest BCUT2D eigenvalue weighted by Crippen LogP contribution is -2.15. The average Bonchev–Trinajstić information content (AvgIpc) is 2.87. The second-order valence-electron chi connectivity index (χ2n) is 4.30. The minimum atomic E-state index is 0.723. The summed E-state index contributed by atoms with van der Waals surface area (Å²) in [5.41, 5.74) is 1.04. The minimum Gasteiger partial charge on any atom is -0.313 e. The van der Waals surface area contributed by atoms with Crippen LogP contribution in [-0.2, 0) is 19.5 Å². The van der Waals surface area contributed by atoms with Gasteiger partial charge >= 0.3 is 0 Å². The molecule has 2 aromatic heterocycles. The molecule has 16 heavy (non-hydrogen) atoms. The van der Waals surface area contributed by atoms with E-state index < -0.39 is 0 Å². The molecular weight excluding hydrogens is 202 g/mol. The zero-order valence-corrected chi connectivity index (χ0v) is 9.43. The van der Waals surface area contributed by atoms with Crippen LogP contribution in [0.5, 0.6) is 0 Å². The van der Waals surface area contributed by atoms with Crippen molar-refractivity contribution >= 4 is 0 Å². The standard InChI is InChI=1S/C11H15N5/c1-9-5-7-15(14-9)8-11-13-12-10-4-2-3-6-16(10)11/h5,7H,2-4,6,8H2,1H3. The Balaban J connectivity index is 1.87. The van der Waals surface area contributed by atoms with Gasteiger partial charge in [-0.05, 0) is 25.8 Å². The highest BCUT2D eigenvalue weighted by atomic mass is 15.3. The van der Waals surface area contributed by atoms with Gasteiger partial charge in [0.1, 0.15) is 12.4 Å². The molecule has 0 aromatic carbocycles. The van der Waals surface area contributed by atoms with Crippen LogP contribution in [0.25, 0.3) is 0 Å². The van der Waals surface area contributed by atoms with Crippen LogP contribution >= 0.6 is 0 Å². The van der Waals surface area contributed by atoms with Gasteiger partial charge in [-0.2, -0.15) is 5.10 Å². The molecule has 3 rings (SSSR count). The van der Waals surface area contributed by atoms with Crippen LogP contribution < -0.4 is 0 Å². The molecular formula is C11H15N5. The summed E-state index contributed by atoms with van der Waals surface area (Å²) in [6.45, 7) is 3.77. The molecule has 0 unspecified atom stereocenters. The summed E-state index contributed by atoms with van der Waals surface area (Å²) < 4.78 is 4.15. The van der Waals surface area contributed by atoms with Crippen LogP contribution in [0.4, 0.5) is 0 Å². The number of hydrogen-bond donors (Lipinski definition) is 0. The summed E-state index contributed by atoms with van der Waals surface area (Å²) >= 11 is 0. The molecule has 0 fully saturated rings. The van der Waals surface area contributed by atoms with Gasteiger partial charge in [0.25, 0.3) is 0 Å². The van der Waals surface area contributed by atoms with Gasteiger partial charge in [0.2, 0.25) is 0 Å². The van der Waals surface area contributed by atoms with E-state index in [2.05, 4.69) is 19.9 Å². The molecule has 1 aliphatic heterocycles. The number of fused-ring (bicyclic) bond motifs is 1. The molecule has 3 heterocycles. The van der Waals surface area contributed by atoms with Gasteiger partial charge < -0.3 is 4.57 Å². The predicted molar refractivity (Wildman–Crippen MR) is 59.0 cm³/mol. The van der Waals surface area contributed by atoms with E-state index in [1.807, 2.05) is 23.9 Å². The van der Waals surface area contributed by atoms with Gasteiger partial charge in [-0.25, -0.2) is 0 Å². The summed E-state index contributed by atoms with van der Waals surface area (Å²) in [6, 6.07) is 2.01. The first-order valence-corrected chi connectivity index (χ1v) is 5.74. The lowest BCUT2D eigenvalue weighted by atomic mass is 10.2. The largest absolute Gasteiger partial charge is 0.313 e. The van der Waals surface area contributed by atoms with Gasteiger partial charge in [0.05, 0.1) is 5.69 Å². The summed E-state index contributed by atoms with van der Waals surface area (Å²) in [6.07, 6.45) is 5.51. The first-order valence-electron chi connectivity index (χ1n) is 5.74. The Kier molecular flexibility index (Phi) is 2.23. The van der Waals surface area contributed by atoms with Crippen molar-refractivity contribution in [1.82, 2.24) is 24.5 Å². The molecule has 2 aromatic rings. The van der Waals surface area contributed by atoms with Crippen LogP contribution in [0.1, 0.15) is 30.2 Å². The Morgan fingerprint density at radius 1 is 1.31 bits per heavy atom. The molecule has 0 amide bonds. The van der Waals surface area contributed by atoms with Crippen LogP contribution in [0.2, 0.25) is 0 Å². The maximum atomic E-state index is 4.37. The summed E-state index contributed by atoms with van der Waals surface area (Å²) in [7, 11) is 0. The van der Waals surface area contributed by atoms with Crippen LogP contribution in [0.3, 0.4) is 0 Å². The van der Waals surface area contributed by atoms with Gasteiger partial charge in [-0.3, -0.25) is 4.68 Å². The van der Waals surface area contributed by atoms with Crippen molar-refractivity contribution in [2.45, 2.75) is 39.3 Å². The maximum absolute atomic E-state index is 4.37. The monoisotopic (exact) mass is 217 g/mol. The van der Waals surface area contributed by atoms with Gasteiger partial charge in [-0.15, -0.1) is 10.2 Å².